The van der Waals surface area contributed by atoms with Crippen molar-refractivity contribution in [2.24, 2.45) is 0 Å². The standard InChI is InChI=1S/C12H15N3S2/c1-9-5-3-4-6-11(9)13-7-8-16-12-14-10(2)15-17-12/h3-6,13H,7-8H2,1-2H3. The zero-order valence-electron chi connectivity index (χ0n) is 9.93. The molecular formula is C12H15N3S2. The average Bonchev–Trinajstić information content (AvgIpc) is 2.73. The summed E-state index contributed by atoms with van der Waals surface area (Å²) in [6.45, 7) is 4.98. The van der Waals surface area contributed by atoms with Crippen LogP contribution in [0.15, 0.2) is 28.6 Å². The lowest BCUT2D eigenvalue weighted by Gasteiger charge is -2.07. The zero-order valence-corrected chi connectivity index (χ0v) is 11.6. The second kappa shape index (κ2) is 6.02. The van der Waals surface area contributed by atoms with E-state index in [-0.39, 0.29) is 0 Å². The molecule has 0 spiro atoms. The van der Waals surface area contributed by atoms with Gasteiger partial charge in [0.2, 0.25) is 0 Å². The Morgan fingerprint density at radius 1 is 1.29 bits per heavy atom. The van der Waals surface area contributed by atoms with E-state index in [9.17, 15) is 0 Å². The summed E-state index contributed by atoms with van der Waals surface area (Å²) >= 11 is 3.22. The Balaban J connectivity index is 1.75. The highest BCUT2D eigenvalue weighted by atomic mass is 32.2. The molecule has 1 heterocycles. The fourth-order valence-electron chi connectivity index (χ4n) is 1.43. The molecule has 2 aromatic rings. The van der Waals surface area contributed by atoms with Crippen LogP contribution in [0.4, 0.5) is 5.69 Å². The lowest BCUT2D eigenvalue weighted by Crippen LogP contribution is -2.04. The van der Waals surface area contributed by atoms with E-state index in [1.165, 1.54) is 22.8 Å². The molecule has 0 unspecified atom stereocenters. The molecule has 0 aliphatic rings. The number of hydrogen-bond acceptors (Lipinski definition) is 5. The van der Waals surface area contributed by atoms with E-state index in [2.05, 4.69) is 45.9 Å². The summed E-state index contributed by atoms with van der Waals surface area (Å²) < 4.78 is 5.21. The van der Waals surface area contributed by atoms with Crippen LogP contribution in [-0.4, -0.2) is 21.7 Å². The van der Waals surface area contributed by atoms with Gasteiger partial charge in [-0.15, -0.1) is 0 Å². The molecule has 0 fully saturated rings. The van der Waals surface area contributed by atoms with E-state index in [1.807, 2.05) is 6.92 Å². The van der Waals surface area contributed by atoms with Crippen LogP contribution in [0.3, 0.4) is 0 Å². The van der Waals surface area contributed by atoms with Gasteiger partial charge in [0, 0.05) is 18.0 Å². The number of anilines is 1. The first-order valence-electron chi connectivity index (χ1n) is 5.48. The van der Waals surface area contributed by atoms with Crippen molar-refractivity contribution in [2.45, 2.75) is 18.2 Å². The molecule has 0 aliphatic heterocycles. The van der Waals surface area contributed by atoms with Gasteiger partial charge in [0.25, 0.3) is 0 Å². The molecule has 17 heavy (non-hydrogen) atoms. The first-order valence-corrected chi connectivity index (χ1v) is 7.24. The quantitative estimate of drug-likeness (QED) is 0.664. The van der Waals surface area contributed by atoms with Gasteiger partial charge in [-0.05, 0) is 37.0 Å². The van der Waals surface area contributed by atoms with Crippen LogP contribution in [0.2, 0.25) is 0 Å². The highest BCUT2D eigenvalue weighted by Gasteiger charge is 2.00. The number of benzene rings is 1. The predicted octanol–water partition coefficient (Wildman–Crippen LogP) is 3.36. The fourth-order valence-corrected chi connectivity index (χ4v) is 3.00. The summed E-state index contributed by atoms with van der Waals surface area (Å²) in [4.78, 5) is 4.32. The number of hydrogen-bond donors (Lipinski definition) is 1. The molecule has 90 valence electrons. The van der Waals surface area contributed by atoms with Crippen molar-refractivity contribution in [3.63, 3.8) is 0 Å². The zero-order chi connectivity index (χ0) is 12.1. The number of aromatic nitrogens is 2. The second-order valence-electron chi connectivity index (χ2n) is 3.70. The molecule has 5 heteroatoms. The van der Waals surface area contributed by atoms with E-state index in [4.69, 9.17) is 0 Å². The lowest BCUT2D eigenvalue weighted by molar-refractivity contribution is 1.10. The van der Waals surface area contributed by atoms with Crippen molar-refractivity contribution in [1.82, 2.24) is 9.36 Å². The van der Waals surface area contributed by atoms with E-state index in [0.717, 1.165) is 22.5 Å². The Morgan fingerprint density at radius 2 is 2.12 bits per heavy atom. The molecule has 3 nitrogen and oxygen atoms in total. The molecule has 1 N–H and O–H groups in total. The minimum absolute atomic E-state index is 0.865. The molecule has 2 rings (SSSR count). The van der Waals surface area contributed by atoms with Gasteiger partial charge in [-0.3, -0.25) is 0 Å². The van der Waals surface area contributed by atoms with Gasteiger partial charge in [-0.1, -0.05) is 30.0 Å². The van der Waals surface area contributed by atoms with Crippen LogP contribution >= 0.6 is 23.3 Å². The smallest absolute Gasteiger partial charge is 0.170 e. The fraction of sp³-hybridized carbons (Fsp3) is 0.333. The maximum Gasteiger partial charge on any atom is 0.170 e. The van der Waals surface area contributed by atoms with Gasteiger partial charge in [-0.25, -0.2) is 4.98 Å². The van der Waals surface area contributed by atoms with Crippen molar-refractivity contribution < 1.29 is 0 Å². The molecule has 0 saturated heterocycles. The molecule has 1 aromatic heterocycles. The highest BCUT2D eigenvalue weighted by Crippen LogP contribution is 2.20. The van der Waals surface area contributed by atoms with Crippen LogP contribution in [0.25, 0.3) is 0 Å². The van der Waals surface area contributed by atoms with Crippen LogP contribution in [-0.2, 0) is 0 Å². The molecule has 0 amide bonds. The third-order valence-corrected chi connectivity index (χ3v) is 4.22. The monoisotopic (exact) mass is 265 g/mol. The summed E-state index contributed by atoms with van der Waals surface area (Å²) in [5, 5.41) is 3.43. The summed E-state index contributed by atoms with van der Waals surface area (Å²) in [5.74, 6) is 1.87. The van der Waals surface area contributed by atoms with Crippen LogP contribution in [0.5, 0.6) is 0 Å². The molecule has 0 bridgehead atoms. The van der Waals surface area contributed by atoms with E-state index in [1.54, 1.807) is 11.8 Å². The third kappa shape index (κ3) is 3.71. The Kier molecular flexibility index (Phi) is 4.39. The molecule has 0 aliphatic carbocycles. The first kappa shape index (κ1) is 12.4. The normalized spacial score (nSPS) is 10.5. The van der Waals surface area contributed by atoms with Crippen LogP contribution < -0.4 is 5.32 Å². The first-order chi connectivity index (χ1) is 8.25. The van der Waals surface area contributed by atoms with Crippen molar-refractivity contribution in [1.29, 1.82) is 0 Å². The van der Waals surface area contributed by atoms with Gasteiger partial charge in [0.15, 0.2) is 4.34 Å². The SMILES string of the molecule is Cc1nsc(SCCNc2ccccc2C)n1. The Bertz CT molecular complexity index is 482. The third-order valence-electron chi connectivity index (χ3n) is 2.30. The minimum Gasteiger partial charge on any atom is -0.384 e. The van der Waals surface area contributed by atoms with E-state index >= 15 is 0 Å². The largest absolute Gasteiger partial charge is 0.384 e. The van der Waals surface area contributed by atoms with Gasteiger partial charge in [-0.2, -0.15) is 4.37 Å². The lowest BCUT2D eigenvalue weighted by atomic mass is 10.2. The molecule has 0 radical (unpaired) electrons. The van der Waals surface area contributed by atoms with Gasteiger partial charge in [0.1, 0.15) is 5.82 Å². The average molecular weight is 265 g/mol. The minimum atomic E-state index is 0.865. The van der Waals surface area contributed by atoms with Crippen molar-refractivity contribution in [3.8, 4) is 0 Å². The molecule has 1 aromatic carbocycles. The molecule has 0 saturated carbocycles. The summed E-state index contributed by atoms with van der Waals surface area (Å²) in [5.41, 5.74) is 2.49. The topological polar surface area (TPSA) is 37.8 Å². The van der Waals surface area contributed by atoms with Crippen molar-refractivity contribution in [3.05, 3.63) is 35.7 Å². The Morgan fingerprint density at radius 3 is 2.82 bits per heavy atom. The van der Waals surface area contributed by atoms with Crippen molar-refractivity contribution in [2.75, 3.05) is 17.6 Å². The van der Waals surface area contributed by atoms with Gasteiger partial charge in [0.05, 0.1) is 0 Å². The molecule has 0 atom stereocenters. The van der Waals surface area contributed by atoms with E-state index in [0.29, 0.717) is 0 Å². The van der Waals surface area contributed by atoms with Gasteiger partial charge >= 0.3 is 0 Å². The van der Waals surface area contributed by atoms with Gasteiger partial charge < -0.3 is 5.32 Å². The molecular weight excluding hydrogens is 250 g/mol. The number of thioether (sulfide) groups is 1. The number of rotatable bonds is 5. The summed E-state index contributed by atoms with van der Waals surface area (Å²) in [6, 6.07) is 8.33. The number of para-hydroxylation sites is 1. The Labute approximate surface area is 110 Å². The van der Waals surface area contributed by atoms with Crippen LogP contribution in [0, 0.1) is 13.8 Å². The van der Waals surface area contributed by atoms with E-state index < -0.39 is 0 Å². The predicted molar refractivity (Wildman–Crippen MR) is 75.0 cm³/mol. The summed E-state index contributed by atoms with van der Waals surface area (Å²) in [7, 11) is 0. The highest BCUT2D eigenvalue weighted by molar-refractivity contribution is 8.00. The number of nitrogens with zero attached hydrogens (tertiary/aromatic N) is 2. The second-order valence-corrected chi connectivity index (χ2v) is 5.79. The maximum absolute atomic E-state index is 4.32. The number of nitrogens with one attached hydrogen (secondary N) is 1. The summed E-state index contributed by atoms with van der Waals surface area (Å²) in [6.07, 6.45) is 0. The number of aryl methyl sites for hydroxylation is 2. The Hall–Kier alpha value is -1.07. The van der Waals surface area contributed by atoms with Crippen molar-refractivity contribution >= 4 is 29.0 Å². The maximum atomic E-state index is 4.32. The van der Waals surface area contributed by atoms with Crippen LogP contribution in [0.1, 0.15) is 11.4 Å².